The third-order valence-corrected chi connectivity index (χ3v) is 4.50. The molecule has 3 rings (SSSR count). The first-order valence-corrected chi connectivity index (χ1v) is 6.66. The Morgan fingerprint density at radius 2 is 1.89 bits per heavy atom. The molecule has 1 saturated heterocycles. The van der Waals surface area contributed by atoms with Crippen LogP contribution in [0.1, 0.15) is 10.9 Å². The summed E-state index contributed by atoms with van der Waals surface area (Å²) in [5.74, 6) is -0.446. The third kappa shape index (κ3) is 1.68. The van der Waals surface area contributed by atoms with Gasteiger partial charge in [-0.2, -0.15) is 0 Å². The Morgan fingerprint density at radius 3 is 2.61 bits per heavy atom. The Kier molecular flexibility index (Phi) is 2.74. The van der Waals surface area contributed by atoms with Crippen LogP contribution < -0.4 is 0 Å². The van der Waals surface area contributed by atoms with Crippen LogP contribution in [0.2, 0.25) is 0 Å². The second-order valence-electron chi connectivity index (χ2n) is 4.32. The number of hydrogen-bond donors (Lipinski definition) is 0. The highest BCUT2D eigenvalue weighted by Gasteiger charge is 2.39. The van der Waals surface area contributed by atoms with Gasteiger partial charge in [0.2, 0.25) is 5.50 Å². The zero-order valence-corrected chi connectivity index (χ0v) is 10.7. The van der Waals surface area contributed by atoms with Crippen LogP contribution >= 0.6 is 11.8 Å². The highest BCUT2D eigenvalue weighted by atomic mass is 32.2. The smallest absolute Gasteiger partial charge is 0.268 e. The maximum absolute atomic E-state index is 13.5. The van der Waals surface area contributed by atoms with E-state index < -0.39 is 11.4 Å². The van der Waals surface area contributed by atoms with E-state index in [2.05, 4.69) is 0 Å². The molecule has 2 nitrogen and oxygen atoms in total. The number of fused-ring (bicyclic) bond motifs is 1. The van der Waals surface area contributed by atoms with Crippen molar-refractivity contribution < 1.29 is 9.18 Å². The molecule has 2 atom stereocenters. The first kappa shape index (κ1) is 11.5. The molecule has 0 bridgehead atoms. The van der Waals surface area contributed by atoms with Crippen LogP contribution in [0.15, 0.2) is 42.5 Å². The summed E-state index contributed by atoms with van der Waals surface area (Å²) in [6.45, 7) is 0. The van der Waals surface area contributed by atoms with Crippen molar-refractivity contribution in [2.24, 2.45) is 0 Å². The molecule has 18 heavy (non-hydrogen) atoms. The Bertz CT molecular complexity index is 610. The average Bonchev–Trinajstić information content (AvgIpc) is 2.66. The standard InChI is InChI=1S/C14H12FNOS/c1-16-13(17)12(15)18-14(16)11-8-4-6-9-5-2-3-7-10(9)11/h2-8,12,14H,1H3/t12-,14+/m0/s1. The molecule has 1 aliphatic heterocycles. The van der Waals surface area contributed by atoms with E-state index in [1.54, 1.807) is 7.05 Å². The minimum Gasteiger partial charge on any atom is -0.326 e. The molecule has 0 radical (unpaired) electrons. The number of alkyl halides is 1. The average molecular weight is 261 g/mol. The number of carbonyl (C=O) groups excluding carboxylic acids is 1. The molecule has 0 spiro atoms. The molecule has 1 heterocycles. The zero-order chi connectivity index (χ0) is 12.7. The lowest BCUT2D eigenvalue weighted by Gasteiger charge is -2.20. The number of benzene rings is 2. The summed E-state index contributed by atoms with van der Waals surface area (Å²) in [5, 5.41) is 1.95. The molecule has 1 aliphatic rings. The lowest BCUT2D eigenvalue weighted by Crippen LogP contribution is -2.25. The first-order chi connectivity index (χ1) is 8.68. The maximum atomic E-state index is 13.5. The summed E-state index contributed by atoms with van der Waals surface area (Å²) in [6, 6.07) is 13.9. The fourth-order valence-corrected chi connectivity index (χ4v) is 3.43. The molecule has 0 saturated carbocycles. The van der Waals surface area contributed by atoms with Gasteiger partial charge >= 0.3 is 0 Å². The van der Waals surface area contributed by atoms with E-state index >= 15 is 0 Å². The van der Waals surface area contributed by atoms with Gasteiger partial charge in [0.05, 0.1) is 0 Å². The maximum Gasteiger partial charge on any atom is 0.268 e. The van der Waals surface area contributed by atoms with Crippen LogP contribution in [0.3, 0.4) is 0 Å². The van der Waals surface area contributed by atoms with E-state index in [0.29, 0.717) is 0 Å². The van der Waals surface area contributed by atoms with Gasteiger partial charge in [-0.05, 0) is 16.3 Å². The van der Waals surface area contributed by atoms with Crippen molar-refractivity contribution >= 4 is 28.4 Å². The Labute approximate surface area is 109 Å². The van der Waals surface area contributed by atoms with Gasteiger partial charge in [0.1, 0.15) is 5.37 Å². The van der Waals surface area contributed by atoms with Gasteiger partial charge in [0.25, 0.3) is 5.91 Å². The van der Waals surface area contributed by atoms with Crippen LogP contribution in [-0.4, -0.2) is 23.4 Å². The summed E-state index contributed by atoms with van der Waals surface area (Å²) in [5.41, 5.74) is -0.451. The van der Waals surface area contributed by atoms with Crippen molar-refractivity contribution in [2.75, 3.05) is 7.05 Å². The predicted molar refractivity (Wildman–Crippen MR) is 71.9 cm³/mol. The minimum absolute atomic E-state index is 0.237. The van der Waals surface area contributed by atoms with Gasteiger partial charge in [0, 0.05) is 7.05 Å². The van der Waals surface area contributed by atoms with Gasteiger partial charge in [-0.3, -0.25) is 4.79 Å². The number of halogens is 1. The topological polar surface area (TPSA) is 20.3 Å². The van der Waals surface area contributed by atoms with E-state index in [1.807, 2.05) is 42.5 Å². The second kappa shape index (κ2) is 4.28. The Morgan fingerprint density at radius 1 is 1.17 bits per heavy atom. The fraction of sp³-hybridized carbons (Fsp3) is 0.214. The highest BCUT2D eigenvalue weighted by Crippen LogP contribution is 2.44. The number of hydrogen-bond acceptors (Lipinski definition) is 2. The number of amides is 1. The van der Waals surface area contributed by atoms with E-state index in [1.165, 1.54) is 4.90 Å². The zero-order valence-electron chi connectivity index (χ0n) is 9.84. The summed E-state index contributed by atoms with van der Waals surface area (Å²) in [6.07, 6.45) is 0. The highest BCUT2D eigenvalue weighted by molar-refractivity contribution is 8.01. The van der Waals surface area contributed by atoms with Gasteiger partial charge < -0.3 is 4.90 Å². The summed E-state index contributed by atoms with van der Waals surface area (Å²) < 4.78 is 13.5. The quantitative estimate of drug-likeness (QED) is 0.784. The molecule has 1 fully saturated rings. The lowest BCUT2D eigenvalue weighted by molar-refractivity contribution is -0.131. The summed E-state index contributed by atoms with van der Waals surface area (Å²) in [7, 11) is 1.65. The molecule has 2 aromatic carbocycles. The van der Waals surface area contributed by atoms with Crippen LogP contribution in [0, 0.1) is 0 Å². The molecule has 0 unspecified atom stereocenters. The first-order valence-electron chi connectivity index (χ1n) is 5.72. The van der Waals surface area contributed by atoms with E-state index in [4.69, 9.17) is 0 Å². The van der Waals surface area contributed by atoms with Crippen LogP contribution in [0.25, 0.3) is 10.8 Å². The van der Waals surface area contributed by atoms with Crippen LogP contribution in [0.4, 0.5) is 4.39 Å². The normalized spacial score (nSPS) is 23.9. The SMILES string of the molecule is CN1C(=O)[C@@H](F)S[C@@H]1c1cccc2ccccc12. The third-order valence-electron chi connectivity index (χ3n) is 3.23. The van der Waals surface area contributed by atoms with Crippen molar-refractivity contribution in [3.8, 4) is 0 Å². The second-order valence-corrected chi connectivity index (χ2v) is 5.45. The minimum atomic E-state index is -1.45. The molecule has 4 heteroatoms. The van der Waals surface area contributed by atoms with Gasteiger partial charge in [-0.25, -0.2) is 4.39 Å². The largest absolute Gasteiger partial charge is 0.326 e. The van der Waals surface area contributed by atoms with E-state index in [-0.39, 0.29) is 5.37 Å². The van der Waals surface area contributed by atoms with Gasteiger partial charge in [0.15, 0.2) is 0 Å². The number of carbonyl (C=O) groups is 1. The molecule has 1 amide bonds. The van der Waals surface area contributed by atoms with E-state index in [0.717, 1.165) is 28.1 Å². The van der Waals surface area contributed by atoms with E-state index in [9.17, 15) is 9.18 Å². The molecule has 0 aromatic heterocycles. The van der Waals surface area contributed by atoms with Crippen molar-refractivity contribution in [3.63, 3.8) is 0 Å². The lowest BCUT2D eigenvalue weighted by atomic mass is 10.0. The molecule has 2 aromatic rings. The number of nitrogens with zero attached hydrogens (tertiary/aromatic N) is 1. The van der Waals surface area contributed by atoms with Crippen molar-refractivity contribution in [3.05, 3.63) is 48.0 Å². The van der Waals surface area contributed by atoms with Crippen LogP contribution in [0.5, 0.6) is 0 Å². The number of thioether (sulfide) groups is 1. The van der Waals surface area contributed by atoms with Crippen molar-refractivity contribution in [1.29, 1.82) is 0 Å². The summed E-state index contributed by atoms with van der Waals surface area (Å²) >= 11 is 1.06. The summed E-state index contributed by atoms with van der Waals surface area (Å²) in [4.78, 5) is 13.0. The van der Waals surface area contributed by atoms with Crippen molar-refractivity contribution in [2.45, 2.75) is 10.9 Å². The number of rotatable bonds is 1. The van der Waals surface area contributed by atoms with Crippen LogP contribution in [-0.2, 0) is 4.79 Å². The Balaban J connectivity index is 2.13. The molecule has 0 N–H and O–H groups in total. The molecular formula is C14H12FNOS. The fourth-order valence-electron chi connectivity index (χ4n) is 2.29. The van der Waals surface area contributed by atoms with Gasteiger partial charge in [-0.15, -0.1) is 0 Å². The van der Waals surface area contributed by atoms with Gasteiger partial charge in [-0.1, -0.05) is 54.2 Å². The molecule has 0 aliphatic carbocycles. The monoisotopic (exact) mass is 261 g/mol. The molecule has 92 valence electrons. The molecular weight excluding hydrogens is 249 g/mol. The predicted octanol–water partition coefficient (Wildman–Crippen LogP) is 3.34. The Hall–Kier alpha value is -1.55. The van der Waals surface area contributed by atoms with Crippen molar-refractivity contribution in [1.82, 2.24) is 4.90 Å².